The van der Waals surface area contributed by atoms with Crippen molar-refractivity contribution in [2.75, 3.05) is 38.2 Å². The van der Waals surface area contributed by atoms with Gasteiger partial charge in [-0.15, -0.1) is 5.10 Å². The van der Waals surface area contributed by atoms with Crippen LogP contribution in [0.1, 0.15) is 38.4 Å². The molecule has 0 bridgehead atoms. The predicted molar refractivity (Wildman–Crippen MR) is 126 cm³/mol. The van der Waals surface area contributed by atoms with E-state index in [2.05, 4.69) is 42.5 Å². The molecule has 0 saturated carbocycles. The fourth-order valence-electron chi connectivity index (χ4n) is 3.60. The molecule has 14 nitrogen and oxygen atoms in total. The van der Waals surface area contributed by atoms with Gasteiger partial charge in [0.2, 0.25) is 0 Å². The molecule has 1 aromatic carbocycles. The van der Waals surface area contributed by atoms with Crippen LogP contribution in [-0.4, -0.2) is 96.7 Å². The predicted octanol–water partition coefficient (Wildman–Crippen LogP) is 1.44. The Morgan fingerprint density at radius 1 is 1.24 bits per heavy atom. The molecule has 3 heterocycles. The number of anilines is 1. The third-order valence-corrected chi connectivity index (χ3v) is 5.72. The van der Waals surface area contributed by atoms with Crippen LogP contribution in [0.5, 0.6) is 5.75 Å². The van der Waals surface area contributed by atoms with Gasteiger partial charge in [0.15, 0.2) is 17.4 Å². The van der Waals surface area contributed by atoms with E-state index in [9.17, 15) is 4.39 Å². The highest BCUT2D eigenvalue weighted by Crippen LogP contribution is 2.23. The van der Waals surface area contributed by atoms with Crippen molar-refractivity contribution < 1.29 is 33.5 Å². The van der Waals surface area contributed by atoms with Gasteiger partial charge in [-0.2, -0.15) is 4.98 Å². The molecule has 2 N–H and O–H groups in total. The van der Waals surface area contributed by atoms with Crippen LogP contribution >= 0.6 is 0 Å². The van der Waals surface area contributed by atoms with Gasteiger partial charge in [-0.05, 0) is 42.4 Å². The topological polar surface area (TPSA) is 173 Å². The lowest BCUT2D eigenvalue weighted by Gasteiger charge is -2.35. The quantitative estimate of drug-likeness (QED) is 0.409. The number of aromatic nitrogens is 6. The number of carboxylic acid groups (broad SMARTS) is 2. The Bertz CT molecular complexity index is 1150. The molecular formula is C22H29FN8O6. The van der Waals surface area contributed by atoms with Gasteiger partial charge in [-0.1, -0.05) is 19.0 Å². The molecule has 200 valence electrons. The number of benzene rings is 1. The lowest BCUT2D eigenvalue weighted by molar-refractivity contribution is -0.159. The molecule has 2 aromatic heterocycles. The lowest BCUT2D eigenvalue weighted by atomic mass is 10.0. The molecule has 1 aliphatic rings. The Labute approximate surface area is 211 Å². The minimum absolute atomic E-state index is 0.220. The largest absolute Gasteiger partial charge is 0.489 e. The fraction of sp³-hybridized carbons (Fsp3) is 0.500. The summed E-state index contributed by atoms with van der Waals surface area (Å²) in [6, 6.07) is 5.71. The molecule has 0 atom stereocenters. The second kappa shape index (κ2) is 12.7. The number of nitrogens with zero attached hydrogens (tertiary/aromatic N) is 8. The first-order valence-corrected chi connectivity index (χ1v) is 11.6. The van der Waals surface area contributed by atoms with Gasteiger partial charge < -0.3 is 24.4 Å². The molecule has 0 aliphatic carbocycles. The summed E-state index contributed by atoms with van der Waals surface area (Å²) in [4.78, 5) is 27.1. The Morgan fingerprint density at radius 3 is 2.49 bits per heavy atom. The third kappa shape index (κ3) is 7.67. The van der Waals surface area contributed by atoms with Crippen LogP contribution < -0.4 is 9.64 Å². The number of aliphatic carboxylic acids is 2. The van der Waals surface area contributed by atoms with Crippen LogP contribution in [0.2, 0.25) is 0 Å². The number of piperidine rings is 1. The molecule has 0 radical (unpaired) electrons. The number of carboxylic acids is 2. The summed E-state index contributed by atoms with van der Waals surface area (Å²) in [5.74, 6) is -2.88. The van der Waals surface area contributed by atoms with Crippen LogP contribution in [0.15, 0.2) is 29.0 Å². The first-order chi connectivity index (χ1) is 17.7. The van der Waals surface area contributed by atoms with Crippen LogP contribution in [0.4, 0.5) is 10.4 Å². The van der Waals surface area contributed by atoms with Gasteiger partial charge >= 0.3 is 18.0 Å². The molecular weight excluding hydrogens is 491 g/mol. The number of likely N-dealkylation sites (N-methyl/N-ethyl adjacent to an activating group) is 1. The molecule has 1 saturated heterocycles. The van der Waals surface area contributed by atoms with Crippen molar-refractivity contribution in [2.45, 2.75) is 38.6 Å². The number of halogens is 1. The van der Waals surface area contributed by atoms with E-state index < -0.39 is 17.8 Å². The normalized spacial score (nSPS) is 13.9. The SMILES string of the molecule is CC(C)c1noc(N2CCC(N(C)CCOc3ccc(-n4cnnn4)cc3F)CC2)n1.O=C(O)C(=O)O. The lowest BCUT2D eigenvalue weighted by Crippen LogP contribution is -2.44. The van der Waals surface area contributed by atoms with Gasteiger partial charge in [0.1, 0.15) is 12.9 Å². The van der Waals surface area contributed by atoms with Crippen molar-refractivity contribution in [3.63, 3.8) is 0 Å². The zero-order valence-corrected chi connectivity index (χ0v) is 20.7. The highest BCUT2D eigenvalue weighted by atomic mass is 19.1. The molecule has 15 heteroatoms. The number of ether oxygens (including phenoxy) is 1. The highest BCUT2D eigenvalue weighted by Gasteiger charge is 2.25. The molecule has 4 rings (SSSR count). The van der Waals surface area contributed by atoms with Crippen molar-refractivity contribution in [1.82, 2.24) is 35.2 Å². The van der Waals surface area contributed by atoms with Gasteiger partial charge in [0.25, 0.3) is 0 Å². The Kier molecular flexibility index (Phi) is 9.43. The van der Waals surface area contributed by atoms with Crippen LogP contribution in [0, 0.1) is 5.82 Å². The van der Waals surface area contributed by atoms with Crippen molar-refractivity contribution in [3.8, 4) is 11.4 Å². The number of rotatable bonds is 8. The summed E-state index contributed by atoms with van der Waals surface area (Å²) in [6.45, 7) is 6.93. The summed E-state index contributed by atoms with van der Waals surface area (Å²) < 4.78 is 26.8. The van der Waals surface area contributed by atoms with E-state index in [1.165, 1.54) is 17.1 Å². The van der Waals surface area contributed by atoms with Gasteiger partial charge in [0.05, 0.1) is 5.69 Å². The van der Waals surface area contributed by atoms with Crippen LogP contribution in [0.3, 0.4) is 0 Å². The highest BCUT2D eigenvalue weighted by molar-refractivity contribution is 6.27. The van der Waals surface area contributed by atoms with Crippen molar-refractivity contribution >= 4 is 18.0 Å². The van der Waals surface area contributed by atoms with Crippen molar-refractivity contribution in [1.29, 1.82) is 0 Å². The van der Waals surface area contributed by atoms with E-state index in [0.717, 1.165) is 31.8 Å². The first-order valence-electron chi connectivity index (χ1n) is 11.6. The number of carbonyl (C=O) groups is 2. The molecule has 3 aromatic rings. The van der Waals surface area contributed by atoms with E-state index in [1.807, 2.05) is 13.8 Å². The fourth-order valence-corrected chi connectivity index (χ4v) is 3.60. The molecule has 1 fully saturated rings. The number of tetrazole rings is 1. The molecule has 1 aliphatic heterocycles. The molecule has 0 amide bonds. The van der Waals surface area contributed by atoms with E-state index >= 15 is 0 Å². The summed E-state index contributed by atoms with van der Waals surface area (Å²) >= 11 is 0. The van der Waals surface area contributed by atoms with Crippen molar-refractivity contribution in [3.05, 3.63) is 36.2 Å². The standard InChI is InChI=1S/C20H27FN8O2.C2H2O4/c1-14(2)19-23-20(31-24-19)28-8-6-15(7-9-28)27(3)10-11-30-18-5-4-16(12-17(18)21)29-13-22-25-26-29;3-1(4)2(5)6/h4-5,12-15H,6-11H2,1-3H3;(H,3,4)(H,5,6). The second-order valence-corrected chi connectivity index (χ2v) is 8.62. The maximum absolute atomic E-state index is 14.3. The van der Waals surface area contributed by atoms with E-state index in [0.29, 0.717) is 30.9 Å². The van der Waals surface area contributed by atoms with E-state index in [4.69, 9.17) is 29.1 Å². The molecule has 0 spiro atoms. The third-order valence-electron chi connectivity index (χ3n) is 5.72. The van der Waals surface area contributed by atoms with E-state index in [-0.39, 0.29) is 11.7 Å². The van der Waals surface area contributed by atoms with Crippen molar-refractivity contribution in [2.24, 2.45) is 0 Å². The Hall–Kier alpha value is -4.14. The summed E-state index contributed by atoms with van der Waals surface area (Å²) in [5.41, 5.74) is 0.542. The summed E-state index contributed by atoms with van der Waals surface area (Å²) in [6.07, 6.45) is 3.40. The van der Waals surface area contributed by atoms with Gasteiger partial charge in [0, 0.05) is 37.7 Å². The minimum atomic E-state index is -1.82. The Morgan fingerprint density at radius 2 is 1.95 bits per heavy atom. The minimum Gasteiger partial charge on any atom is -0.489 e. The average Bonchev–Trinajstić information content (AvgIpc) is 3.58. The van der Waals surface area contributed by atoms with E-state index in [1.54, 1.807) is 12.1 Å². The zero-order chi connectivity index (χ0) is 26.9. The van der Waals surface area contributed by atoms with Crippen LogP contribution in [-0.2, 0) is 9.59 Å². The Balaban J connectivity index is 0.000000568. The van der Waals surface area contributed by atoms with Crippen LogP contribution in [0.25, 0.3) is 5.69 Å². The van der Waals surface area contributed by atoms with Gasteiger partial charge in [-0.25, -0.2) is 18.7 Å². The maximum Gasteiger partial charge on any atom is 0.414 e. The maximum atomic E-state index is 14.3. The molecule has 37 heavy (non-hydrogen) atoms. The summed E-state index contributed by atoms with van der Waals surface area (Å²) in [5, 5.41) is 29.7. The number of hydrogen-bond donors (Lipinski definition) is 2. The smallest absolute Gasteiger partial charge is 0.414 e. The molecule has 0 unspecified atom stereocenters. The van der Waals surface area contributed by atoms with Gasteiger partial charge in [-0.3, -0.25) is 4.90 Å². The zero-order valence-electron chi connectivity index (χ0n) is 20.7. The average molecular weight is 521 g/mol. The summed E-state index contributed by atoms with van der Waals surface area (Å²) in [7, 11) is 2.07. The second-order valence-electron chi connectivity index (χ2n) is 8.62. The first kappa shape index (κ1) is 27.4. The monoisotopic (exact) mass is 520 g/mol. The number of hydrogen-bond acceptors (Lipinski definition) is 11.